The van der Waals surface area contributed by atoms with Crippen molar-refractivity contribution >= 4 is 5.78 Å². The van der Waals surface area contributed by atoms with Crippen molar-refractivity contribution < 1.29 is 39.9 Å². The second-order valence-corrected chi connectivity index (χ2v) is 4.79. The van der Waals surface area contributed by atoms with E-state index in [2.05, 4.69) is 0 Å². The molecule has 0 bridgehead atoms. The maximum absolute atomic E-state index is 13.4. The van der Waals surface area contributed by atoms with Crippen LogP contribution in [0.4, 0.5) is 35.1 Å². The van der Waals surface area contributed by atoms with E-state index in [-0.39, 0.29) is 12.1 Å². The maximum atomic E-state index is 13.4. The molecule has 9 heteroatoms. The first-order chi connectivity index (χ1) is 11.1. The predicted octanol–water partition coefficient (Wildman–Crippen LogP) is 4.15. The van der Waals surface area contributed by atoms with Gasteiger partial charge >= 0.3 is 0 Å². The molecule has 0 saturated carbocycles. The van der Waals surface area contributed by atoms with Crippen molar-refractivity contribution in [3.8, 4) is 0 Å². The van der Waals surface area contributed by atoms with Gasteiger partial charge in [0.2, 0.25) is 0 Å². The molecule has 0 spiro atoms. The first-order valence-corrected chi connectivity index (χ1v) is 6.28. The van der Waals surface area contributed by atoms with E-state index in [9.17, 15) is 39.9 Å². The summed E-state index contributed by atoms with van der Waals surface area (Å²) in [6, 6.07) is -0.000486. The van der Waals surface area contributed by atoms with Gasteiger partial charge in [0, 0.05) is 36.1 Å². The van der Waals surface area contributed by atoms with Gasteiger partial charge < -0.3 is 0 Å². The lowest BCUT2D eigenvalue weighted by Gasteiger charge is -2.08. The Morgan fingerprint density at radius 3 is 1.25 bits per heavy atom. The van der Waals surface area contributed by atoms with Crippen molar-refractivity contribution in [3.05, 3.63) is 69.8 Å². The van der Waals surface area contributed by atoms with Crippen LogP contribution >= 0.6 is 0 Å². The molecule has 0 aliphatic rings. The fourth-order valence-corrected chi connectivity index (χ4v) is 1.99. The van der Waals surface area contributed by atoms with Crippen LogP contribution in [-0.2, 0) is 17.6 Å². The minimum absolute atomic E-state index is 0.000243. The van der Waals surface area contributed by atoms with Gasteiger partial charge in [-0.25, -0.2) is 35.1 Å². The molecule has 0 radical (unpaired) electrons. The Morgan fingerprint density at radius 1 is 0.583 bits per heavy atom. The topological polar surface area (TPSA) is 17.1 Å². The predicted molar refractivity (Wildman–Crippen MR) is 65.0 cm³/mol. The zero-order chi connectivity index (χ0) is 18.2. The molecule has 0 N–H and O–H groups in total. The summed E-state index contributed by atoms with van der Waals surface area (Å²) in [4.78, 5) is 11.7. The van der Waals surface area contributed by atoms with Gasteiger partial charge in [0.05, 0.1) is 0 Å². The average Bonchev–Trinajstić information content (AvgIpc) is 2.51. The van der Waals surface area contributed by atoms with Crippen molar-refractivity contribution in [1.29, 1.82) is 0 Å². The highest BCUT2D eigenvalue weighted by Crippen LogP contribution is 2.23. The summed E-state index contributed by atoms with van der Waals surface area (Å²) < 4.78 is 105. The Bertz CT molecular complexity index is 764. The van der Waals surface area contributed by atoms with Gasteiger partial charge in [-0.2, -0.15) is 0 Å². The third kappa shape index (κ3) is 3.24. The maximum Gasteiger partial charge on any atom is 0.194 e. The van der Waals surface area contributed by atoms with Gasteiger partial charge in [-0.3, -0.25) is 4.79 Å². The molecule has 0 fully saturated rings. The molecule has 0 amide bonds. The molecule has 128 valence electrons. The average molecular weight is 354 g/mol. The van der Waals surface area contributed by atoms with Gasteiger partial charge in [0.25, 0.3) is 0 Å². The summed E-state index contributed by atoms with van der Waals surface area (Å²) in [5.74, 6) is -16.0. The smallest absolute Gasteiger partial charge is 0.194 e. The molecule has 24 heavy (non-hydrogen) atoms. The highest BCUT2D eigenvalue weighted by atomic mass is 19.2. The molecule has 0 saturated heterocycles. The largest absolute Gasteiger partial charge is 0.299 e. The molecule has 1 nitrogen and oxygen atoms in total. The van der Waals surface area contributed by atoms with E-state index in [1.165, 1.54) is 0 Å². The number of carbonyl (C=O) groups excluding carboxylic acids is 1. The van der Waals surface area contributed by atoms with E-state index in [0.29, 0.717) is 0 Å². The number of benzene rings is 2. The quantitative estimate of drug-likeness (QED) is 0.458. The minimum atomic E-state index is -2.02. The van der Waals surface area contributed by atoms with Crippen LogP contribution in [0.25, 0.3) is 0 Å². The lowest BCUT2D eigenvalue weighted by molar-refractivity contribution is -0.118. The molecule has 2 aromatic rings. The molecular formula is C15H6F8O. The molecule has 0 heterocycles. The van der Waals surface area contributed by atoms with E-state index >= 15 is 0 Å². The third-order valence-corrected chi connectivity index (χ3v) is 3.17. The van der Waals surface area contributed by atoms with E-state index in [0.717, 1.165) is 0 Å². The molecule has 0 aromatic heterocycles. The summed E-state index contributed by atoms with van der Waals surface area (Å²) in [5.41, 5.74) is -2.30. The van der Waals surface area contributed by atoms with E-state index < -0.39 is 76.3 Å². The molecule has 2 rings (SSSR count). The number of Topliss-reactive ketones (excluding diaryl/α,β-unsaturated/α-hetero) is 1. The second-order valence-electron chi connectivity index (χ2n) is 4.79. The van der Waals surface area contributed by atoms with Crippen molar-refractivity contribution in [3.63, 3.8) is 0 Å². The van der Waals surface area contributed by atoms with Crippen LogP contribution in [0.3, 0.4) is 0 Å². The van der Waals surface area contributed by atoms with Crippen LogP contribution in [0.1, 0.15) is 11.1 Å². The Labute approximate surface area is 129 Å². The first-order valence-electron chi connectivity index (χ1n) is 6.28. The summed E-state index contributed by atoms with van der Waals surface area (Å²) in [6.45, 7) is 0. The fraction of sp³-hybridized carbons (Fsp3) is 0.133. The van der Waals surface area contributed by atoms with Crippen molar-refractivity contribution in [2.45, 2.75) is 12.8 Å². The number of rotatable bonds is 4. The SMILES string of the molecule is O=C(Cc1c(F)cc(F)c(F)c1F)Cc1c(F)cc(F)c(F)c1F. The first kappa shape index (κ1) is 17.9. The standard InChI is InChI=1S/C15H6F8O/c16-8-3-10(18)14(22)12(20)6(8)1-5(24)2-7-9(17)4-11(19)15(23)13(7)21/h3-4H,1-2H2. The van der Waals surface area contributed by atoms with E-state index in [1.54, 1.807) is 0 Å². The van der Waals surface area contributed by atoms with Gasteiger partial charge in [-0.15, -0.1) is 0 Å². The molecule has 0 atom stereocenters. The number of hydrogen-bond donors (Lipinski definition) is 0. The van der Waals surface area contributed by atoms with Crippen molar-refractivity contribution in [2.24, 2.45) is 0 Å². The number of hydrogen-bond acceptors (Lipinski definition) is 1. The summed E-state index contributed by atoms with van der Waals surface area (Å²) in [5, 5.41) is 0. The molecule has 2 aromatic carbocycles. The van der Waals surface area contributed by atoms with Crippen LogP contribution < -0.4 is 0 Å². The Hall–Kier alpha value is -2.45. The van der Waals surface area contributed by atoms with Gasteiger partial charge in [0.1, 0.15) is 17.4 Å². The van der Waals surface area contributed by atoms with Crippen LogP contribution in [0.15, 0.2) is 12.1 Å². The summed E-state index contributed by atoms with van der Waals surface area (Å²) in [6.07, 6.45) is -2.35. The number of carbonyl (C=O) groups is 1. The van der Waals surface area contributed by atoms with Crippen molar-refractivity contribution in [2.75, 3.05) is 0 Å². The second kappa shape index (κ2) is 6.58. The summed E-state index contributed by atoms with van der Waals surface area (Å²) >= 11 is 0. The van der Waals surface area contributed by atoms with Crippen molar-refractivity contribution in [1.82, 2.24) is 0 Å². The fourth-order valence-electron chi connectivity index (χ4n) is 1.99. The summed E-state index contributed by atoms with van der Waals surface area (Å²) in [7, 11) is 0. The number of halogens is 8. The highest BCUT2D eigenvalue weighted by Gasteiger charge is 2.24. The Balaban J connectivity index is 2.31. The monoisotopic (exact) mass is 354 g/mol. The van der Waals surface area contributed by atoms with E-state index in [1.807, 2.05) is 0 Å². The Morgan fingerprint density at radius 2 is 0.917 bits per heavy atom. The van der Waals surface area contributed by atoms with Gasteiger partial charge in [-0.1, -0.05) is 0 Å². The van der Waals surface area contributed by atoms with Gasteiger partial charge in [-0.05, 0) is 0 Å². The molecular weight excluding hydrogens is 348 g/mol. The highest BCUT2D eigenvalue weighted by molar-refractivity contribution is 5.83. The minimum Gasteiger partial charge on any atom is -0.299 e. The van der Waals surface area contributed by atoms with E-state index in [4.69, 9.17) is 0 Å². The lowest BCUT2D eigenvalue weighted by atomic mass is 10.0. The normalized spacial score (nSPS) is 11.0. The van der Waals surface area contributed by atoms with Gasteiger partial charge in [0.15, 0.2) is 34.9 Å². The van der Waals surface area contributed by atoms with Crippen LogP contribution in [-0.4, -0.2) is 5.78 Å². The van der Waals surface area contributed by atoms with Crippen LogP contribution in [0.2, 0.25) is 0 Å². The third-order valence-electron chi connectivity index (χ3n) is 3.17. The van der Waals surface area contributed by atoms with Crippen LogP contribution in [0.5, 0.6) is 0 Å². The zero-order valence-corrected chi connectivity index (χ0v) is 11.5. The molecule has 0 unspecified atom stereocenters. The zero-order valence-electron chi connectivity index (χ0n) is 11.5. The molecule has 0 aliphatic carbocycles. The number of ketones is 1. The lowest BCUT2D eigenvalue weighted by Crippen LogP contribution is -2.14. The van der Waals surface area contributed by atoms with Crippen LogP contribution in [0, 0.1) is 46.5 Å². The Kier molecular flexibility index (Phi) is 4.91. The molecule has 0 aliphatic heterocycles.